The molecule has 0 saturated heterocycles. The number of hydrogen-bond donors (Lipinski definition) is 0. The van der Waals surface area contributed by atoms with Gasteiger partial charge in [0.2, 0.25) is 0 Å². The van der Waals surface area contributed by atoms with Crippen molar-refractivity contribution in [1.82, 2.24) is 4.90 Å². The van der Waals surface area contributed by atoms with E-state index in [2.05, 4.69) is 0 Å². The maximum absolute atomic E-state index is 12.8. The van der Waals surface area contributed by atoms with Crippen LogP contribution in [0.3, 0.4) is 0 Å². The zero-order chi connectivity index (χ0) is 17.7. The van der Waals surface area contributed by atoms with E-state index in [9.17, 15) is 4.79 Å². The molecule has 2 aromatic carbocycles. The SMILES string of the molecule is CCOc1ccc(C(=O)N(C)C(C)c2cccc(Cl)c2)cc1OC. The Morgan fingerprint density at radius 1 is 1.21 bits per heavy atom. The molecule has 0 N–H and O–H groups in total. The summed E-state index contributed by atoms with van der Waals surface area (Å²) in [5.41, 5.74) is 1.53. The Morgan fingerprint density at radius 3 is 2.58 bits per heavy atom. The molecule has 1 amide bonds. The number of halogens is 1. The van der Waals surface area contributed by atoms with E-state index in [1.807, 2.05) is 38.1 Å². The molecule has 0 radical (unpaired) electrons. The molecule has 0 aliphatic carbocycles. The molecule has 0 heterocycles. The van der Waals surface area contributed by atoms with Crippen molar-refractivity contribution in [3.8, 4) is 11.5 Å². The highest BCUT2D eigenvalue weighted by Crippen LogP contribution is 2.30. The van der Waals surface area contributed by atoms with Crippen LogP contribution in [0, 0.1) is 0 Å². The van der Waals surface area contributed by atoms with Crippen molar-refractivity contribution < 1.29 is 14.3 Å². The Morgan fingerprint density at radius 2 is 1.96 bits per heavy atom. The molecule has 128 valence electrons. The molecule has 0 saturated carbocycles. The number of carbonyl (C=O) groups excluding carboxylic acids is 1. The summed E-state index contributed by atoms with van der Waals surface area (Å²) in [5.74, 6) is 1.08. The summed E-state index contributed by atoms with van der Waals surface area (Å²) in [5, 5.41) is 0.655. The molecular formula is C19H22ClNO3. The van der Waals surface area contributed by atoms with Crippen LogP contribution in [0.4, 0.5) is 0 Å². The third kappa shape index (κ3) is 4.01. The summed E-state index contributed by atoms with van der Waals surface area (Å²) in [4.78, 5) is 14.5. The fourth-order valence-corrected chi connectivity index (χ4v) is 2.64. The van der Waals surface area contributed by atoms with E-state index in [-0.39, 0.29) is 11.9 Å². The molecule has 4 nitrogen and oxygen atoms in total. The highest BCUT2D eigenvalue weighted by Gasteiger charge is 2.20. The molecule has 1 unspecified atom stereocenters. The summed E-state index contributed by atoms with van der Waals surface area (Å²) in [6, 6.07) is 12.6. The zero-order valence-electron chi connectivity index (χ0n) is 14.4. The molecule has 1 atom stereocenters. The topological polar surface area (TPSA) is 38.8 Å². The van der Waals surface area contributed by atoms with Gasteiger partial charge in [-0.05, 0) is 49.7 Å². The third-order valence-electron chi connectivity index (χ3n) is 3.94. The molecule has 24 heavy (non-hydrogen) atoms. The number of amides is 1. The van der Waals surface area contributed by atoms with Crippen LogP contribution in [-0.4, -0.2) is 31.6 Å². The van der Waals surface area contributed by atoms with Crippen molar-refractivity contribution in [3.63, 3.8) is 0 Å². The largest absolute Gasteiger partial charge is 0.493 e. The summed E-state index contributed by atoms with van der Waals surface area (Å²) in [6.07, 6.45) is 0. The van der Waals surface area contributed by atoms with Crippen molar-refractivity contribution in [2.24, 2.45) is 0 Å². The van der Waals surface area contributed by atoms with Crippen LogP contribution in [-0.2, 0) is 0 Å². The fourth-order valence-electron chi connectivity index (χ4n) is 2.44. The number of rotatable bonds is 6. The maximum atomic E-state index is 12.8. The van der Waals surface area contributed by atoms with E-state index in [0.717, 1.165) is 5.56 Å². The van der Waals surface area contributed by atoms with Crippen molar-refractivity contribution in [3.05, 3.63) is 58.6 Å². The second-order valence-corrected chi connectivity index (χ2v) is 5.88. The van der Waals surface area contributed by atoms with E-state index in [1.54, 1.807) is 37.3 Å². The third-order valence-corrected chi connectivity index (χ3v) is 4.18. The van der Waals surface area contributed by atoms with Gasteiger partial charge in [-0.25, -0.2) is 0 Å². The first-order chi connectivity index (χ1) is 11.5. The van der Waals surface area contributed by atoms with E-state index in [1.165, 1.54) is 0 Å². The van der Waals surface area contributed by atoms with Gasteiger partial charge in [0.05, 0.1) is 19.8 Å². The van der Waals surface area contributed by atoms with Crippen LogP contribution in [0.5, 0.6) is 11.5 Å². The van der Waals surface area contributed by atoms with Crippen LogP contribution >= 0.6 is 11.6 Å². The van der Waals surface area contributed by atoms with E-state index >= 15 is 0 Å². The molecule has 0 bridgehead atoms. The van der Waals surface area contributed by atoms with E-state index in [0.29, 0.717) is 28.7 Å². The normalized spacial score (nSPS) is 11.7. The predicted molar refractivity (Wildman–Crippen MR) is 96.1 cm³/mol. The average molecular weight is 348 g/mol. The molecule has 2 rings (SSSR count). The number of ether oxygens (including phenoxy) is 2. The lowest BCUT2D eigenvalue weighted by Gasteiger charge is -2.26. The average Bonchev–Trinajstić information content (AvgIpc) is 2.60. The van der Waals surface area contributed by atoms with Gasteiger partial charge in [-0.15, -0.1) is 0 Å². The number of hydrogen-bond acceptors (Lipinski definition) is 3. The first-order valence-corrected chi connectivity index (χ1v) is 8.19. The Kier molecular flexibility index (Phi) is 6.10. The molecule has 0 aliphatic rings. The Balaban J connectivity index is 2.24. The number of benzene rings is 2. The van der Waals surface area contributed by atoms with Crippen LogP contribution in [0.2, 0.25) is 5.02 Å². The number of methoxy groups -OCH3 is 1. The van der Waals surface area contributed by atoms with Gasteiger partial charge in [-0.1, -0.05) is 23.7 Å². The highest BCUT2D eigenvalue weighted by molar-refractivity contribution is 6.30. The molecule has 0 fully saturated rings. The molecular weight excluding hydrogens is 326 g/mol. The van der Waals surface area contributed by atoms with Gasteiger partial charge in [-0.2, -0.15) is 0 Å². The van der Waals surface area contributed by atoms with Gasteiger partial charge in [-0.3, -0.25) is 4.79 Å². The van der Waals surface area contributed by atoms with Crippen LogP contribution in [0.25, 0.3) is 0 Å². The minimum Gasteiger partial charge on any atom is -0.493 e. The molecule has 5 heteroatoms. The first-order valence-electron chi connectivity index (χ1n) is 7.81. The zero-order valence-corrected chi connectivity index (χ0v) is 15.1. The minimum absolute atomic E-state index is 0.0937. The van der Waals surface area contributed by atoms with Crippen LogP contribution in [0.15, 0.2) is 42.5 Å². The van der Waals surface area contributed by atoms with Gasteiger partial charge in [0, 0.05) is 17.6 Å². The summed E-state index contributed by atoms with van der Waals surface area (Å²) >= 11 is 6.04. The van der Waals surface area contributed by atoms with Gasteiger partial charge in [0.25, 0.3) is 5.91 Å². The Labute approximate surface area is 147 Å². The van der Waals surface area contributed by atoms with Crippen molar-refractivity contribution >= 4 is 17.5 Å². The maximum Gasteiger partial charge on any atom is 0.254 e. The number of nitrogens with zero attached hydrogens (tertiary/aromatic N) is 1. The van der Waals surface area contributed by atoms with Crippen molar-refractivity contribution in [2.45, 2.75) is 19.9 Å². The Bertz CT molecular complexity index is 718. The summed E-state index contributed by atoms with van der Waals surface area (Å²) < 4.78 is 10.8. The summed E-state index contributed by atoms with van der Waals surface area (Å²) in [7, 11) is 3.33. The lowest BCUT2D eigenvalue weighted by atomic mass is 10.1. The smallest absolute Gasteiger partial charge is 0.254 e. The number of carbonyl (C=O) groups is 1. The Hall–Kier alpha value is -2.20. The van der Waals surface area contributed by atoms with Gasteiger partial charge < -0.3 is 14.4 Å². The summed E-state index contributed by atoms with van der Waals surface area (Å²) in [6.45, 7) is 4.41. The highest BCUT2D eigenvalue weighted by atomic mass is 35.5. The molecule has 2 aromatic rings. The van der Waals surface area contributed by atoms with Gasteiger partial charge >= 0.3 is 0 Å². The second-order valence-electron chi connectivity index (χ2n) is 5.45. The molecule has 0 aromatic heterocycles. The predicted octanol–water partition coefficient (Wildman–Crippen LogP) is 4.58. The quantitative estimate of drug-likeness (QED) is 0.767. The minimum atomic E-state index is -0.103. The lowest BCUT2D eigenvalue weighted by Crippen LogP contribution is -2.29. The van der Waals surface area contributed by atoms with E-state index in [4.69, 9.17) is 21.1 Å². The van der Waals surface area contributed by atoms with Gasteiger partial charge in [0.1, 0.15) is 0 Å². The van der Waals surface area contributed by atoms with E-state index < -0.39 is 0 Å². The molecule has 0 aliphatic heterocycles. The first kappa shape index (κ1) is 18.1. The van der Waals surface area contributed by atoms with Crippen LogP contribution < -0.4 is 9.47 Å². The monoisotopic (exact) mass is 347 g/mol. The standard InChI is InChI=1S/C19H22ClNO3/c1-5-24-17-10-9-15(12-18(17)23-4)19(22)21(3)13(2)14-7-6-8-16(20)11-14/h6-13H,5H2,1-4H3. The van der Waals surface area contributed by atoms with Gasteiger partial charge in [0.15, 0.2) is 11.5 Å². The van der Waals surface area contributed by atoms with Crippen LogP contribution in [0.1, 0.15) is 35.8 Å². The van der Waals surface area contributed by atoms with Crippen molar-refractivity contribution in [2.75, 3.05) is 20.8 Å². The van der Waals surface area contributed by atoms with Crippen molar-refractivity contribution in [1.29, 1.82) is 0 Å². The fraction of sp³-hybridized carbons (Fsp3) is 0.316. The molecule has 0 spiro atoms. The second kappa shape index (κ2) is 8.06. The lowest BCUT2D eigenvalue weighted by molar-refractivity contribution is 0.0742.